The van der Waals surface area contributed by atoms with Gasteiger partial charge in [-0.05, 0) is 72.2 Å². The molecule has 204 valence electrons. The fourth-order valence-electron chi connectivity index (χ4n) is 4.91. The Bertz CT molecular complexity index is 1780. The number of carbonyl (C=O) groups excluding carboxylic acids is 1. The number of fused-ring (bicyclic) bond motifs is 1. The van der Waals surface area contributed by atoms with Crippen molar-refractivity contribution < 1.29 is 21.6 Å². The lowest BCUT2D eigenvalue weighted by molar-refractivity contribution is 0.0787. The summed E-state index contributed by atoms with van der Waals surface area (Å²) in [4.78, 5) is 15.1. The number of likely N-dealkylation sites (tertiary alicyclic amines) is 1. The Morgan fingerprint density at radius 1 is 1.05 bits per heavy atom. The molecule has 1 unspecified atom stereocenters. The van der Waals surface area contributed by atoms with Gasteiger partial charge in [0.05, 0.1) is 4.90 Å². The predicted octanol–water partition coefficient (Wildman–Crippen LogP) is 5.37. The molecule has 5 rings (SSSR count). The molecule has 1 atom stereocenters. The highest BCUT2D eigenvalue weighted by atomic mass is 35.5. The Labute approximate surface area is 237 Å². The maximum Gasteiger partial charge on any atom is 0.253 e. The van der Waals surface area contributed by atoms with E-state index in [-0.39, 0.29) is 27.5 Å². The summed E-state index contributed by atoms with van der Waals surface area (Å²) in [7, 11) is -7.11. The number of hydrogen-bond donors (Lipinski definition) is 1. The highest BCUT2D eigenvalue weighted by Gasteiger charge is 2.29. The monoisotopic (exact) mass is 602 g/mol. The van der Waals surface area contributed by atoms with Crippen molar-refractivity contribution in [3.63, 3.8) is 0 Å². The van der Waals surface area contributed by atoms with Crippen molar-refractivity contribution in [2.75, 3.05) is 25.9 Å². The average molecular weight is 603 g/mol. The van der Waals surface area contributed by atoms with Crippen LogP contribution < -0.4 is 4.72 Å². The first-order valence-electron chi connectivity index (χ1n) is 12.3. The summed E-state index contributed by atoms with van der Waals surface area (Å²) in [5.74, 6) is -0.144. The molecule has 1 fully saturated rings. The third-order valence-electron chi connectivity index (χ3n) is 6.96. The van der Waals surface area contributed by atoms with E-state index in [1.165, 1.54) is 17.6 Å². The van der Waals surface area contributed by atoms with Gasteiger partial charge in [-0.1, -0.05) is 41.9 Å². The van der Waals surface area contributed by atoms with Gasteiger partial charge in [-0.3, -0.25) is 4.79 Å². The normalized spacial score (nSPS) is 16.2. The van der Waals surface area contributed by atoms with E-state index in [0.717, 1.165) is 10.1 Å². The summed E-state index contributed by atoms with van der Waals surface area (Å²) >= 11 is 7.31. The highest BCUT2D eigenvalue weighted by molar-refractivity contribution is 7.92. The lowest BCUT2D eigenvalue weighted by atomic mass is 10.0. The smallest absolute Gasteiger partial charge is 0.253 e. The summed E-state index contributed by atoms with van der Waals surface area (Å²) in [5.41, 5.74) is 2.47. The number of hydrogen-bond acceptors (Lipinski definition) is 6. The van der Waals surface area contributed by atoms with E-state index >= 15 is 0 Å². The summed E-state index contributed by atoms with van der Waals surface area (Å²) < 4.78 is 54.4. The van der Waals surface area contributed by atoms with Gasteiger partial charge in [-0.25, -0.2) is 21.6 Å². The third kappa shape index (κ3) is 5.76. The zero-order valence-electron chi connectivity index (χ0n) is 21.3. The molecule has 0 spiro atoms. The number of nitrogens with one attached hydrogen (secondary N) is 1. The third-order valence-corrected chi connectivity index (χ3v) is 11.7. The second-order valence-corrected chi connectivity index (χ2v) is 15.2. The summed E-state index contributed by atoms with van der Waals surface area (Å²) in [6, 6.07) is 19.0. The van der Waals surface area contributed by atoms with Crippen molar-refractivity contribution >= 4 is 58.8 Å². The molecule has 7 nitrogen and oxygen atoms in total. The van der Waals surface area contributed by atoms with E-state index in [2.05, 4.69) is 4.72 Å². The molecular formula is C28H27ClN2O5S3. The van der Waals surface area contributed by atoms with Crippen LogP contribution in [0, 0.1) is 12.8 Å². The van der Waals surface area contributed by atoms with E-state index in [1.54, 1.807) is 72.5 Å². The van der Waals surface area contributed by atoms with Crippen molar-refractivity contribution in [1.82, 2.24) is 9.62 Å². The van der Waals surface area contributed by atoms with Crippen molar-refractivity contribution in [3.05, 3.63) is 82.9 Å². The maximum absolute atomic E-state index is 13.1. The van der Waals surface area contributed by atoms with Gasteiger partial charge in [0.1, 0.15) is 4.21 Å². The first kappa shape index (κ1) is 27.8. The number of nitrogens with zero attached hydrogens (tertiary/aromatic N) is 1. The molecule has 3 aromatic carbocycles. The van der Waals surface area contributed by atoms with Gasteiger partial charge in [-0.15, -0.1) is 11.3 Å². The van der Waals surface area contributed by atoms with Crippen LogP contribution in [0.5, 0.6) is 0 Å². The molecule has 39 heavy (non-hydrogen) atoms. The molecule has 0 radical (unpaired) electrons. The number of aryl methyl sites for hydroxylation is 1. The van der Waals surface area contributed by atoms with Gasteiger partial charge < -0.3 is 4.90 Å². The fourth-order valence-corrected chi connectivity index (χ4v) is 8.90. The molecule has 0 saturated carbocycles. The summed E-state index contributed by atoms with van der Waals surface area (Å²) in [6.45, 7) is 3.00. The number of amides is 1. The average Bonchev–Trinajstić information content (AvgIpc) is 3.52. The molecule has 0 bridgehead atoms. The Morgan fingerprint density at radius 3 is 2.49 bits per heavy atom. The van der Waals surface area contributed by atoms with Gasteiger partial charge in [0.15, 0.2) is 9.84 Å². The predicted molar refractivity (Wildman–Crippen MR) is 156 cm³/mol. The molecule has 1 aliphatic heterocycles. The van der Waals surface area contributed by atoms with Crippen LogP contribution in [-0.4, -0.2) is 53.5 Å². The first-order valence-corrected chi connectivity index (χ1v) is 16.9. The molecule has 1 amide bonds. The summed E-state index contributed by atoms with van der Waals surface area (Å²) in [5, 5.41) is 1.39. The minimum Gasteiger partial charge on any atom is -0.338 e. The molecule has 2 heterocycles. The minimum atomic E-state index is -3.71. The summed E-state index contributed by atoms with van der Waals surface area (Å²) in [6.07, 6.45) is 1.86. The van der Waals surface area contributed by atoms with Crippen molar-refractivity contribution in [2.45, 2.75) is 22.4 Å². The Balaban J connectivity index is 1.24. The number of benzene rings is 3. The van der Waals surface area contributed by atoms with E-state index in [1.807, 2.05) is 6.07 Å². The van der Waals surface area contributed by atoms with Crippen LogP contribution in [0.25, 0.3) is 21.2 Å². The Hall–Kier alpha value is -2.76. The van der Waals surface area contributed by atoms with Crippen LogP contribution in [0.2, 0.25) is 5.02 Å². The number of sulfonamides is 1. The SMILES string of the molecule is Cc1c(S(=O)(=O)NCC2CCN(C(=O)c3ccc(-c4ccccc4S(C)(=O)=O)cc3)C2)sc2ccc(Cl)cc12. The van der Waals surface area contributed by atoms with Gasteiger partial charge in [0.25, 0.3) is 5.91 Å². The lowest BCUT2D eigenvalue weighted by Crippen LogP contribution is -2.33. The first-order chi connectivity index (χ1) is 18.4. The Morgan fingerprint density at radius 2 is 1.77 bits per heavy atom. The highest BCUT2D eigenvalue weighted by Crippen LogP contribution is 2.35. The second kappa shape index (κ2) is 10.7. The van der Waals surface area contributed by atoms with E-state index in [4.69, 9.17) is 11.6 Å². The quantitative estimate of drug-likeness (QED) is 0.306. The van der Waals surface area contributed by atoms with Crippen molar-refractivity contribution in [2.24, 2.45) is 5.92 Å². The van der Waals surface area contributed by atoms with Crippen LogP contribution in [0.15, 0.2) is 75.8 Å². The standard InChI is InChI=1S/C28H27ClN2O5S3/c1-18-24-15-22(29)11-12-25(24)37-28(18)39(35,36)30-16-19-13-14-31(17-19)27(32)21-9-7-20(8-10-21)23-5-3-4-6-26(23)38(2,33)34/h3-12,15,19,30H,13-14,16-17H2,1-2H3. The van der Waals surface area contributed by atoms with Crippen LogP contribution in [0.3, 0.4) is 0 Å². The number of carbonyl (C=O) groups is 1. The zero-order valence-corrected chi connectivity index (χ0v) is 24.6. The van der Waals surface area contributed by atoms with Crippen LogP contribution in [0.1, 0.15) is 22.3 Å². The van der Waals surface area contributed by atoms with Crippen LogP contribution in [-0.2, 0) is 19.9 Å². The molecule has 1 aromatic heterocycles. The minimum absolute atomic E-state index is 0.00577. The number of halogens is 1. The molecule has 0 aliphatic carbocycles. The topological polar surface area (TPSA) is 101 Å². The van der Waals surface area contributed by atoms with Crippen molar-refractivity contribution in [3.8, 4) is 11.1 Å². The number of rotatable bonds is 7. The lowest BCUT2D eigenvalue weighted by Gasteiger charge is -2.17. The largest absolute Gasteiger partial charge is 0.338 e. The number of sulfone groups is 1. The molecule has 1 aliphatic rings. The van der Waals surface area contributed by atoms with Gasteiger partial charge >= 0.3 is 0 Å². The maximum atomic E-state index is 13.1. The molecule has 4 aromatic rings. The van der Waals surface area contributed by atoms with Crippen LogP contribution in [0.4, 0.5) is 0 Å². The van der Waals surface area contributed by atoms with Gasteiger partial charge in [0.2, 0.25) is 10.0 Å². The molecular weight excluding hydrogens is 576 g/mol. The van der Waals surface area contributed by atoms with E-state index in [9.17, 15) is 21.6 Å². The van der Waals surface area contributed by atoms with E-state index in [0.29, 0.717) is 46.8 Å². The second-order valence-electron chi connectivity index (χ2n) is 9.76. The fraction of sp³-hybridized carbons (Fsp3) is 0.250. The molecule has 1 N–H and O–H groups in total. The zero-order chi connectivity index (χ0) is 27.9. The van der Waals surface area contributed by atoms with Gasteiger partial charge in [0, 0.05) is 46.7 Å². The van der Waals surface area contributed by atoms with Crippen LogP contribution >= 0.6 is 22.9 Å². The van der Waals surface area contributed by atoms with E-state index < -0.39 is 19.9 Å². The van der Waals surface area contributed by atoms with Gasteiger partial charge in [-0.2, -0.15) is 0 Å². The number of thiophene rings is 1. The molecule has 11 heteroatoms. The molecule has 1 saturated heterocycles. The Kier molecular flexibility index (Phi) is 7.60. The van der Waals surface area contributed by atoms with Crippen molar-refractivity contribution in [1.29, 1.82) is 0 Å².